The summed E-state index contributed by atoms with van der Waals surface area (Å²) in [7, 11) is 1.61. The number of halogens is 1. The number of nitrogens with one attached hydrogen (secondary N) is 1. The van der Waals surface area contributed by atoms with Gasteiger partial charge in [0.05, 0.1) is 23.5 Å². The summed E-state index contributed by atoms with van der Waals surface area (Å²) in [5.41, 5.74) is 2.33. The third-order valence-corrected chi connectivity index (χ3v) is 5.49. The number of ether oxygens (including phenoxy) is 1. The molecule has 1 saturated heterocycles. The molecule has 0 aromatic heterocycles. The van der Waals surface area contributed by atoms with Gasteiger partial charge in [0.15, 0.2) is 0 Å². The van der Waals surface area contributed by atoms with Crippen LogP contribution in [0.5, 0.6) is 5.75 Å². The molecule has 0 atom stereocenters. The van der Waals surface area contributed by atoms with Crippen molar-refractivity contribution in [2.45, 2.75) is 13.8 Å². The highest BCUT2D eigenvalue weighted by atomic mass is 35.5. The molecule has 0 aliphatic carbocycles. The van der Waals surface area contributed by atoms with E-state index in [1.807, 2.05) is 61.2 Å². The van der Waals surface area contributed by atoms with Crippen LogP contribution in [-0.2, 0) is 9.59 Å². The fraction of sp³-hybridized carbons (Fsp3) is 0.333. The number of methoxy groups -OCH3 is 1. The summed E-state index contributed by atoms with van der Waals surface area (Å²) in [4.78, 5) is 28.8. The molecule has 7 heteroatoms. The van der Waals surface area contributed by atoms with E-state index < -0.39 is 0 Å². The van der Waals surface area contributed by atoms with Crippen LogP contribution in [0.15, 0.2) is 48.5 Å². The van der Waals surface area contributed by atoms with Gasteiger partial charge in [0.2, 0.25) is 11.8 Å². The van der Waals surface area contributed by atoms with Crippen LogP contribution in [0.25, 0.3) is 6.08 Å². The second-order valence-corrected chi connectivity index (χ2v) is 8.11. The number of amides is 2. The Morgan fingerprint density at radius 1 is 1.06 bits per heavy atom. The standard InChI is InChI=1S/C24H28ClN3O3/c1-17(2)24(30)28-15-13-27(14-16-28)23-20(25)5-4-6-21(23)26-22(29)12-9-18-7-10-19(31-3)11-8-18/h4-12,17H,13-16H2,1-3H3,(H,26,29)/b12-9+. The van der Waals surface area contributed by atoms with Crippen LogP contribution in [0.2, 0.25) is 5.02 Å². The molecule has 2 amide bonds. The lowest BCUT2D eigenvalue weighted by Crippen LogP contribution is -2.50. The molecule has 1 aliphatic heterocycles. The summed E-state index contributed by atoms with van der Waals surface area (Å²) in [5, 5.41) is 3.51. The topological polar surface area (TPSA) is 61.9 Å². The van der Waals surface area contributed by atoms with Crippen molar-refractivity contribution in [2.75, 3.05) is 43.5 Å². The van der Waals surface area contributed by atoms with Crippen LogP contribution in [0, 0.1) is 5.92 Å². The van der Waals surface area contributed by atoms with Gasteiger partial charge in [-0.15, -0.1) is 0 Å². The van der Waals surface area contributed by atoms with E-state index in [0.717, 1.165) is 17.0 Å². The number of piperazine rings is 1. The molecule has 0 bridgehead atoms. The lowest BCUT2D eigenvalue weighted by Gasteiger charge is -2.38. The predicted octanol–water partition coefficient (Wildman–Crippen LogP) is 4.31. The van der Waals surface area contributed by atoms with Crippen molar-refractivity contribution in [3.63, 3.8) is 0 Å². The number of benzene rings is 2. The highest BCUT2D eigenvalue weighted by Crippen LogP contribution is 2.34. The molecule has 0 radical (unpaired) electrons. The van der Waals surface area contributed by atoms with Gasteiger partial charge in [-0.2, -0.15) is 0 Å². The van der Waals surface area contributed by atoms with E-state index in [1.165, 1.54) is 6.08 Å². The Kier molecular flexibility index (Phi) is 7.58. The summed E-state index contributed by atoms with van der Waals surface area (Å²) < 4.78 is 5.14. The number of hydrogen-bond acceptors (Lipinski definition) is 4. The van der Waals surface area contributed by atoms with E-state index in [4.69, 9.17) is 16.3 Å². The largest absolute Gasteiger partial charge is 0.497 e. The van der Waals surface area contributed by atoms with E-state index in [2.05, 4.69) is 10.2 Å². The van der Waals surface area contributed by atoms with Gasteiger partial charge in [0, 0.05) is 38.2 Å². The number of para-hydroxylation sites is 1. The van der Waals surface area contributed by atoms with Crippen molar-refractivity contribution >= 4 is 40.9 Å². The molecule has 3 rings (SSSR count). The molecular formula is C24H28ClN3O3. The van der Waals surface area contributed by atoms with Crippen molar-refractivity contribution in [1.82, 2.24) is 4.90 Å². The van der Waals surface area contributed by atoms with Gasteiger partial charge in [-0.1, -0.05) is 43.6 Å². The minimum absolute atomic E-state index is 0.0146. The number of nitrogens with zero attached hydrogens (tertiary/aromatic N) is 2. The summed E-state index contributed by atoms with van der Waals surface area (Å²) in [5.74, 6) is 0.670. The Hall–Kier alpha value is -2.99. The second kappa shape index (κ2) is 10.4. The van der Waals surface area contributed by atoms with Crippen molar-refractivity contribution in [3.05, 3.63) is 59.1 Å². The minimum Gasteiger partial charge on any atom is -0.497 e. The molecule has 1 aliphatic rings. The fourth-order valence-corrected chi connectivity index (χ4v) is 3.81. The Labute approximate surface area is 188 Å². The van der Waals surface area contributed by atoms with E-state index in [0.29, 0.717) is 36.9 Å². The molecule has 2 aromatic rings. The first-order valence-corrected chi connectivity index (χ1v) is 10.7. The maximum atomic E-state index is 12.5. The number of carbonyl (C=O) groups excluding carboxylic acids is 2. The van der Waals surface area contributed by atoms with Gasteiger partial charge in [-0.05, 0) is 35.9 Å². The van der Waals surface area contributed by atoms with Crippen LogP contribution in [0.4, 0.5) is 11.4 Å². The van der Waals surface area contributed by atoms with Gasteiger partial charge in [-0.3, -0.25) is 9.59 Å². The van der Waals surface area contributed by atoms with Gasteiger partial charge in [0.1, 0.15) is 5.75 Å². The average Bonchev–Trinajstić information content (AvgIpc) is 2.78. The molecule has 164 valence electrons. The summed E-state index contributed by atoms with van der Waals surface area (Å²) in [6.45, 7) is 6.41. The molecule has 31 heavy (non-hydrogen) atoms. The molecule has 6 nitrogen and oxygen atoms in total. The van der Waals surface area contributed by atoms with E-state index in [9.17, 15) is 9.59 Å². The Morgan fingerprint density at radius 3 is 2.35 bits per heavy atom. The summed E-state index contributed by atoms with van der Waals surface area (Å²) in [6.07, 6.45) is 3.24. The van der Waals surface area contributed by atoms with Crippen molar-refractivity contribution in [2.24, 2.45) is 5.92 Å². The van der Waals surface area contributed by atoms with Crippen LogP contribution < -0.4 is 15.0 Å². The van der Waals surface area contributed by atoms with Crippen LogP contribution >= 0.6 is 11.6 Å². The van der Waals surface area contributed by atoms with Gasteiger partial charge in [-0.25, -0.2) is 0 Å². The fourth-order valence-electron chi connectivity index (χ4n) is 3.51. The average molecular weight is 442 g/mol. The number of hydrogen-bond donors (Lipinski definition) is 1. The predicted molar refractivity (Wildman–Crippen MR) is 126 cm³/mol. The van der Waals surface area contributed by atoms with Gasteiger partial charge < -0.3 is 19.9 Å². The molecular weight excluding hydrogens is 414 g/mol. The minimum atomic E-state index is -0.243. The van der Waals surface area contributed by atoms with Crippen LogP contribution in [-0.4, -0.2) is 50.0 Å². The molecule has 0 saturated carbocycles. The third-order valence-electron chi connectivity index (χ3n) is 5.19. The Bertz CT molecular complexity index is 949. The lowest BCUT2D eigenvalue weighted by molar-refractivity contribution is -0.134. The Balaban J connectivity index is 1.69. The maximum absolute atomic E-state index is 12.5. The number of carbonyl (C=O) groups is 2. The third kappa shape index (κ3) is 5.79. The van der Waals surface area contributed by atoms with Crippen molar-refractivity contribution < 1.29 is 14.3 Å². The van der Waals surface area contributed by atoms with E-state index in [-0.39, 0.29) is 17.7 Å². The van der Waals surface area contributed by atoms with Crippen molar-refractivity contribution in [3.8, 4) is 5.75 Å². The first-order valence-electron chi connectivity index (χ1n) is 10.3. The normalized spacial score (nSPS) is 14.2. The van der Waals surface area contributed by atoms with E-state index >= 15 is 0 Å². The smallest absolute Gasteiger partial charge is 0.248 e. The maximum Gasteiger partial charge on any atom is 0.248 e. The van der Waals surface area contributed by atoms with Gasteiger partial charge >= 0.3 is 0 Å². The molecule has 0 unspecified atom stereocenters. The molecule has 2 aromatic carbocycles. The van der Waals surface area contributed by atoms with Crippen LogP contribution in [0.1, 0.15) is 19.4 Å². The van der Waals surface area contributed by atoms with Crippen LogP contribution in [0.3, 0.4) is 0 Å². The number of anilines is 2. The van der Waals surface area contributed by atoms with Gasteiger partial charge in [0.25, 0.3) is 0 Å². The summed E-state index contributed by atoms with van der Waals surface area (Å²) in [6, 6.07) is 12.9. The molecule has 0 spiro atoms. The molecule has 1 N–H and O–H groups in total. The number of rotatable bonds is 6. The zero-order valence-electron chi connectivity index (χ0n) is 18.1. The summed E-state index contributed by atoms with van der Waals surface area (Å²) >= 11 is 6.49. The zero-order valence-corrected chi connectivity index (χ0v) is 18.9. The Morgan fingerprint density at radius 2 is 1.74 bits per heavy atom. The lowest BCUT2D eigenvalue weighted by atomic mass is 10.1. The molecule has 1 heterocycles. The van der Waals surface area contributed by atoms with E-state index in [1.54, 1.807) is 13.2 Å². The highest BCUT2D eigenvalue weighted by molar-refractivity contribution is 6.34. The quantitative estimate of drug-likeness (QED) is 0.679. The SMILES string of the molecule is COc1ccc(/C=C/C(=O)Nc2cccc(Cl)c2N2CCN(C(=O)C(C)C)CC2)cc1. The molecule has 1 fully saturated rings. The zero-order chi connectivity index (χ0) is 22.4. The monoisotopic (exact) mass is 441 g/mol. The first-order chi connectivity index (χ1) is 14.9. The van der Waals surface area contributed by atoms with Crippen molar-refractivity contribution in [1.29, 1.82) is 0 Å². The highest BCUT2D eigenvalue weighted by Gasteiger charge is 2.25. The first kappa shape index (κ1) is 22.7. The second-order valence-electron chi connectivity index (χ2n) is 7.70.